The van der Waals surface area contributed by atoms with E-state index in [0.717, 1.165) is 5.56 Å². The van der Waals surface area contributed by atoms with Gasteiger partial charge in [-0.3, -0.25) is 14.2 Å². The van der Waals surface area contributed by atoms with E-state index >= 15 is 0 Å². The van der Waals surface area contributed by atoms with Crippen molar-refractivity contribution in [2.24, 2.45) is 0 Å². The number of nitrogens with zero attached hydrogens (tertiary/aromatic N) is 2. The number of ether oxygens (including phenoxy) is 1. The van der Waals surface area contributed by atoms with Gasteiger partial charge in [-0.1, -0.05) is 24.3 Å². The first kappa shape index (κ1) is 19.1. The number of methoxy groups -OCH3 is 1. The number of amides is 1. The Morgan fingerprint density at radius 2 is 1.89 bits per heavy atom. The number of rotatable bonds is 6. The van der Waals surface area contributed by atoms with Crippen molar-refractivity contribution in [1.29, 1.82) is 0 Å². The Hall–Kier alpha value is -3.68. The molecule has 0 bridgehead atoms. The average Bonchev–Trinajstić information content (AvgIpc) is 2.71. The molecular weight excluding hydrogens is 362 g/mol. The molecule has 0 saturated carbocycles. The highest BCUT2D eigenvalue weighted by atomic mass is 16.5. The second-order valence-corrected chi connectivity index (χ2v) is 6.21. The van der Waals surface area contributed by atoms with Crippen molar-refractivity contribution in [2.45, 2.75) is 19.0 Å². The maximum absolute atomic E-state index is 12.5. The van der Waals surface area contributed by atoms with Crippen LogP contribution in [0.1, 0.15) is 5.56 Å². The lowest BCUT2D eigenvalue weighted by Gasteiger charge is -2.17. The fourth-order valence-corrected chi connectivity index (χ4v) is 2.82. The molecule has 1 atom stereocenters. The number of benzene rings is 2. The minimum atomic E-state index is -0.925. The molecule has 28 heavy (non-hydrogen) atoms. The highest BCUT2D eigenvalue weighted by Crippen LogP contribution is 2.12. The second kappa shape index (κ2) is 8.34. The molecule has 0 aliphatic rings. The van der Waals surface area contributed by atoms with Crippen LogP contribution in [0, 0.1) is 0 Å². The maximum atomic E-state index is 12.5. The number of nitrogens with one attached hydrogen (secondary N) is 1. The largest absolute Gasteiger partial charge is 0.508 e. The quantitative estimate of drug-likeness (QED) is 0.617. The minimum Gasteiger partial charge on any atom is -0.508 e. The zero-order valence-electron chi connectivity index (χ0n) is 15.2. The van der Waals surface area contributed by atoms with E-state index < -0.39 is 17.9 Å². The average molecular weight is 381 g/mol. The normalized spacial score (nSPS) is 11.8. The summed E-state index contributed by atoms with van der Waals surface area (Å²) in [5, 5.41) is 12.4. The van der Waals surface area contributed by atoms with Crippen molar-refractivity contribution in [3.8, 4) is 5.75 Å². The number of phenolic OH excluding ortho intramolecular Hbond substituents is 1. The molecule has 0 aliphatic carbocycles. The fourth-order valence-electron chi connectivity index (χ4n) is 2.82. The predicted octanol–water partition coefficient (Wildman–Crippen LogP) is 1.00. The monoisotopic (exact) mass is 381 g/mol. The zero-order valence-corrected chi connectivity index (χ0v) is 15.2. The summed E-state index contributed by atoms with van der Waals surface area (Å²) < 4.78 is 5.94. The summed E-state index contributed by atoms with van der Waals surface area (Å²) in [7, 11) is 1.23. The van der Waals surface area contributed by atoms with Gasteiger partial charge in [0, 0.05) is 6.42 Å². The molecule has 2 aromatic carbocycles. The molecule has 1 amide bonds. The predicted molar refractivity (Wildman–Crippen MR) is 102 cm³/mol. The van der Waals surface area contributed by atoms with E-state index in [0.29, 0.717) is 10.9 Å². The van der Waals surface area contributed by atoms with Crippen LogP contribution in [0.25, 0.3) is 10.9 Å². The third-order valence-corrected chi connectivity index (χ3v) is 4.24. The topological polar surface area (TPSA) is 111 Å². The van der Waals surface area contributed by atoms with E-state index in [9.17, 15) is 19.5 Å². The van der Waals surface area contributed by atoms with Crippen LogP contribution in [0.4, 0.5) is 0 Å². The number of aromatic hydroxyl groups is 1. The van der Waals surface area contributed by atoms with Crippen molar-refractivity contribution in [1.82, 2.24) is 14.9 Å². The Morgan fingerprint density at radius 1 is 1.18 bits per heavy atom. The van der Waals surface area contributed by atoms with Crippen molar-refractivity contribution in [3.63, 3.8) is 0 Å². The Bertz CT molecular complexity index is 1060. The standard InChI is InChI=1S/C20H19N3O5/c1-28-20(27)17(10-13-6-8-14(24)9-7-13)22-18(25)11-23-12-21-16-5-3-2-4-15(16)19(23)26/h2-9,12,17,24H,10-11H2,1H3,(H,22,25)/t17-/m1/s1. The van der Waals surface area contributed by atoms with Gasteiger partial charge < -0.3 is 15.2 Å². The van der Waals surface area contributed by atoms with Gasteiger partial charge in [0.05, 0.1) is 24.3 Å². The summed E-state index contributed by atoms with van der Waals surface area (Å²) in [6.45, 7) is -0.278. The number of esters is 1. The van der Waals surface area contributed by atoms with E-state index in [1.165, 1.54) is 30.1 Å². The summed E-state index contributed by atoms with van der Waals surface area (Å²) in [6, 6.07) is 12.2. The lowest BCUT2D eigenvalue weighted by atomic mass is 10.1. The number of phenols is 1. The first-order chi connectivity index (χ1) is 13.5. The highest BCUT2D eigenvalue weighted by molar-refractivity contribution is 5.85. The first-order valence-corrected chi connectivity index (χ1v) is 8.57. The number of hydrogen-bond acceptors (Lipinski definition) is 6. The third kappa shape index (κ3) is 4.35. The summed E-state index contributed by atoms with van der Waals surface area (Å²) in [5.74, 6) is -1.02. The molecule has 0 unspecified atom stereocenters. The van der Waals surface area contributed by atoms with E-state index in [2.05, 4.69) is 10.3 Å². The Balaban J connectivity index is 1.75. The smallest absolute Gasteiger partial charge is 0.328 e. The van der Waals surface area contributed by atoms with Gasteiger partial charge >= 0.3 is 5.97 Å². The number of hydrogen-bond donors (Lipinski definition) is 2. The van der Waals surface area contributed by atoms with Gasteiger partial charge in [0.2, 0.25) is 5.91 Å². The van der Waals surface area contributed by atoms with E-state index in [1.807, 2.05) is 0 Å². The SMILES string of the molecule is COC(=O)[C@@H](Cc1ccc(O)cc1)NC(=O)Cn1cnc2ccccc2c1=O. The molecule has 0 spiro atoms. The maximum Gasteiger partial charge on any atom is 0.328 e. The molecule has 2 N–H and O–H groups in total. The molecule has 8 nitrogen and oxygen atoms in total. The second-order valence-electron chi connectivity index (χ2n) is 6.21. The number of fused-ring (bicyclic) bond motifs is 1. The molecule has 144 valence electrons. The molecule has 1 aromatic heterocycles. The van der Waals surface area contributed by atoms with Gasteiger partial charge in [0.25, 0.3) is 5.56 Å². The van der Waals surface area contributed by atoms with Gasteiger partial charge in [-0.2, -0.15) is 0 Å². The Morgan fingerprint density at radius 3 is 2.61 bits per heavy atom. The summed E-state index contributed by atoms with van der Waals surface area (Å²) in [5.41, 5.74) is 0.941. The number of para-hydroxylation sites is 1. The third-order valence-electron chi connectivity index (χ3n) is 4.24. The molecule has 8 heteroatoms. The van der Waals surface area contributed by atoms with Crippen LogP contribution in [0.15, 0.2) is 59.7 Å². The Labute approximate surface area is 160 Å². The molecule has 0 aliphatic heterocycles. The first-order valence-electron chi connectivity index (χ1n) is 8.57. The number of aromatic nitrogens is 2. The van der Waals surface area contributed by atoms with E-state index in [-0.39, 0.29) is 24.3 Å². The summed E-state index contributed by atoms with van der Waals surface area (Å²) >= 11 is 0. The minimum absolute atomic E-state index is 0.102. The van der Waals surface area contributed by atoms with Crippen molar-refractivity contribution in [2.75, 3.05) is 7.11 Å². The summed E-state index contributed by atoms with van der Waals surface area (Å²) in [6.07, 6.45) is 1.49. The molecular formula is C20H19N3O5. The van der Waals surface area contributed by atoms with Gasteiger partial charge in [-0.05, 0) is 29.8 Å². The lowest BCUT2D eigenvalue weighted by Crippen LogP contribution is -2.45. The van der Waals surface area contributed by atoms with Crippen LogP contribution in [0.5, 0.6) is 5.75 Å². The van der Waals surface area contributed by atoms with Gasteiger partial charge in [-0.25, -0.2) is 9.78 Å². The van der Waals surface area contributed by atoms with Crippen LogP contribution in [0.2, 0.25) is 0 Å². The molecule has 0 fully saturated rings. The molecule has 1 heterocycles. The van der Waals surface area contributed by atoms with Gasteiger partial charge in [0.15, 0.2) is 0 Å². The van der Waals surface area contributed by atoms with Crippen LogP contribution in [-0.2, 0) is 27.3 Å². The van der Waals surface area contributed by atoms with Gasteiger partial charge in [-0.15, -0.1) is 0 Å². The van der Waals surface area contributed by atoms with Crippen molar-refractivity contribution in [3.05, 3.63) is 70.8 Å². The number of carbonyl (C=O) groups is 2. The highest BCUT2D eigenvalue weighted by Gasteiger charge is 2.22. The Kier molecular flexibility index (Phi) is 5.69. The van der Waals surface area contributed by atoms with Crippen molar-refractivity contribution >= 4 is 22.8 Å². The van der Waals surface area contributed by atoms with Crippen molar-refractivity contribution < 1.29 is 19.4 Å². The number of carbonyl (C=O) groups excluding carboxylic acids is 2. The van der Waals surface area contributed by atoms with Crippen LogP contribution >= 0.6 is 0 Å². The lowest BCUT2D eigenvalue weighted by molar-refractivity contribution is -0.145. The molecule has 0 radical (unpaired) electrons. The van der Waals surface area contributed by atoms with Crippen LogP contribution < -0.4 is 10.9 Å². The zero-order chi connectivity index (χ0) is 20.1. The fraction of sp³-hybridized carbons (Fsp3) is 0.200. The molecule has 3 aromatic rings. The van der Waals surface area contributed by atoms with E-state index in [4.69, 9.17) is 4.74 Å². The van der Waals surface area contributed by atoms with E-state index in [1.54, 1.807) is 36.4 Å². The van der Waals surface area contributed by atoms with Crippen LogP contribution in [-0.4, -0.2) is 39.7 Å². The molecule has 0 saturated heterocycles. The molecule has 3 rings (SSSR count). The van der Waals surface area contributed by atoms with Gasteiger partial charge in [0.1, 0.15) is 18.3 Å². The summed E-state index contributed by atoms with van der Waals surface area (Å²) in [4.78, 5) is 41.1. The van der Waals surface area contributed by atoms with Crippen LogP contribution in [0.3, 0.4) is 0 Å².